The second kappa shape index (κ2) is 5.40. The monoisotopic (exact) mass is 311 g/mol. The number of ether oxygens (including phenoxy) is 1. The average Bonchev–Trinajstić information content (AvgIpc) is 3.26. The van der Waals surface area contributed by atoms with E-state index in [4.69, 9.17) is 4.74 Å². The molecule has 3 saturated heterocycles. The van der Waals surface area contributed by atoms with Crippen LogP contribution < -0.4 is 0 Å². The molecule has 1 spiro atoms. The molecule has 3 heterocycles. The summed E-state index contributed by atoms with van der Waals surface area (Å²) in [7, 11) is 0. The molecule has 3 nitrogen and oxygen atoms in total. The first-order valence-electron chi connectivity index (χ1n) is 8.80. The number of thioether (sulfide) groups is 1. The number of nitrogens with zero attached hydrogens (tertiary/aromatic N) is 1. The van der Waals surface area contributed by atoms with Gasteiger partial charge in [-0.2, -0.15) is 11.8 Å². The van der Waals surface area contributed by atoms with Gasteiger partial charge in [0.15, 0.2) is 0 Å². The van der Waals surface area contributed by atoms with Gasteiger partial charge in [0.25, 0.3) is 0 Å². The van der Waals surface area contributed by atoms with E-state index < -0.39 is 5.60 Å². The van der Waals surface area contributed by atoms with Crippen LogP contribution in [0.2, 0.25) is 0 Å². The van der Waals surface area contributed by atoms with Crippen LogP contribution in [0.4, 0.5) is 0 Å². The lowest BCUT2D eigenvalue weighted by atomic mass is 9.73. The number of hydrogen-bond donors (Lipinski definition) is 1. The van der Waals surface area contributed by atoms with Crippen LogP contribution in [-0.4, -0.2) is 57.9 Å². The Morgan fingerprint density at radius 1 is 1.14 bits per heavy atom. The quantitative estimate of drug-likeness (QED) is 0.850. The summed E-state index contributed by atoms with van der Waals surface area (Å²) < 4.78 is 6.22. The van der Waals surface area contributed by atoms with E-state index in [-0.39, 0.29) is 5.60 Å². The van der Waals surface area contributed by atoms with E-state index in [0.29, 0.717) is 12.0 Å². The van der Waals surface area contributed by atoms with Gasteiger partial charge < -0.3 is 9.84 Å². The first-order chi connectivity index (χ1) is 10.1. The summed E-state index contributed by atoms with van der Waals surface area (Å²) in [4.78, 5) is 2.58. The second-order valence-corrected chi connectivity index (χ2v) is 9.12. The van der Waals surface area contributed by atoms with Crippen LogP contribution in [0.5, 0.6) is 0 Å². The fourth-order valence-corrected chi connectivity index (χ4v) is 6.17. The maximum Gasteiger partial charge on any atom is 0.0818 e. The predicted octanol–water partition coefficient (Wildman–Crippen LogP) is 2.67. The van der Waals surface area contributed by atoms with Gasteiger partial charge in [-0.15, -0.1) is 0 Å². The fraction of sp³-hybridized carbons (Fsp3) is 1.00. The Bertz CT molecular complexity index is 389. The third kappa shape index (κ3) is 2.77. The zero-order valence-electron chi connectivity index (χ0n) is 13.2. The van der Waals surface area contributed by atoms with Gasteiger partial charge in [0, 0.05) is 25.2 Å². The molecule has 0 aromatic carbocycles. The van der Waals surface area contributed by atoms with E-state index in [9.17, 15) is 5.11 Å². The number of rotatable bonds is 2. The van der Waals surface area contributed by atoms with Gasteiger partial charge in [-0.05, 0) is 69.3 Å². The molecule has 0 radical (unpaired) electrons. The van der Waals surface area contributed by atoms with E-state index in [1.54, 1.807) is 0 Å². The Labute approximate surface area is 132 Å². The van der Waals surface area contributed by atoms with E-state index in [1.807, 2.05) is 0 Å². The normalized spacial score (nSPS) is 44.3. The van der Waals surface area contributed by atoms with Crippen molar-refractivity contribution in [2.75, 3.05) is 24.7 Å². The van der Waals surface area contributed by atoms with Crippen LogP contribution in [0.3, 0.4) is 0 Å². The second-order valence-electron chi connectivity index (χ2n) is 7.89. The summed E-state index contributed by atoms with van der Waals surface area (Å²) in [5, 5.41) is 11.3. The van der Waals surface area contributed by atoms with E-state index >= 15 is 0 Å². The molecule has 1 aliphatic carbocycles. The summed E-state index contributed by atoms with van der Waals surface area (Å²) >= 11 is 2.06. The summed E-state index contributed by atoms with van der Waals surface area (Å²) in [6.07, 6.45) is 8.17. The lowest BCUT2D eigenvalue weighted by Crippen LogP contribution is -2.51. The molecule has 0 aromatic heterocycles. The Morgan fingerprint density at radius 2 is 1.90 bits per heavy atom. The zero-order valence-corrected chi connectivity index (χ0v) is 14.0. The Morgan fingerprint density at radius 3 is 2.62 bits per heavy atom. The van der Waals surface area contributed by atoms with Crippen molar-refractivity contribution in [2.24, 2.45) is 5.92 Å². The molecule has 1 N–H and O–H groups in total. The van der Waals surface area contributed by atoms with Crippen LogP contribution in [0.15, 0.2) is 0 Å². The SMILES string of the molecule is CC1CC(O)(C2CCOC3(CCSCC3)C2)CN1C1CC1. The molecular weight excluding hydrogens is 282 g/mol. The molecule has 0 aromatic rings. The third-order valence-corrected chi connectivity index (χ3v) is 7.33. The highest BCUT2D eigenvalue weighted by Gasteiger charge is 2.53. The maximum atomic E-state index is 11.3. The van der Waals surface area contributed by atoms with Gasteiger partial charge in [0.1, 0.15) is 0 Å². The van der Waals surface area contributed by atoms with Crippen molar-refractivity contribution in [1.82, 2.24) is 4.90 Å². The number of β-amino-alcohol motifs (C(OH)–C–C–N with tert-alkyl or cyclic N) is 1. The zero-order chi connectivity index (χ0) is 14.5. The van der Waals surface area contributed by atoms with Crippen molar-refractivity contribution in [3.8, 4) is 0 Å². The molecule has 4 aliphatic rings. The lowest BCUT2D eigenvalue weighted by Gasteiger charge is -2.47. The van der Waals surface area contributed by atoms with Crippen molar-refractivity contribution < 1.29 is 9.84 Å². The van der Waals surface area contributed by atoms with Crippen molar-refractivity contribution >= 4 is 11.8 Å². The molecular formula is C17H29NO2S. The number of hydrogen-bond acceptors (Lipinski definition) is 4. The number of aliphatic hydroxyl groups is 1. The molecule has 0 bridgehead atoms. The van der Waals surface area contributed by atoms with Gasteiger partial charge in [-0.1, -0.05) is 0 Å². The molecule has 1 saturated carbocycles. The minimum atomic E-state index is -0.455. The predicted molar refractivity (Wildman–Crippen MR) is 86.7 cm³/mol. The molecule has 21 heavy (non-hydrogen) atoms. The maximum absolute atomic E-state index is 11.3. The van der Waals surface area contributed by atoms with Gasteiger partial charge in [-0.3, -0.25) is 4.90 Å². The molecule has 4 heteroatoms. The van der Waals surface area contributed by atoms with Crippen LogP contribution in [-0.2, 0) is 4.74 Å². The van der Waals surface area contributed by atoms with Crippen molar-refractivity contribution in [1.29, 1.82) is 0 Å². The lowest BCUT2D eigenvalue weighted by molar-refractivity contribution is -0.143. The highest BCUT2D eigenvalue weighted by atomic mass is 32.2. The smallest absolute Gasteiger partial charge is 0.0818 e. The summed E-state index contributed by atoms with van der Waals surface area (Å²) in [5.74, 6) is 2.91. The van der Waals surface area contributed by atoms with Crippen LogP contribution in [0.25, 0.3) is 0 Å². The van der Waals surface area contributed by atoms with Crippen molar-refractivity contribution in [3.05, 3.63) is 0 Å². The minimum absolute atomic E-state index is 0.0974. The topological polar surface area (TPSA) is 32.7 Å². The summed E-state index contributed by atoms with van der Waals surface area (Å²) in [5.41, 5.74) is -0.358. The van der Waals surface area contributed by atoms with E-state index in [1.165, 1.54) is 37.2 Å². The first kappa shape index (κ1) is 14.8. The average molecular weight is 311 g/mol. The minimum Gasteiger partial charge on any atom is -0.388 e. The third-order valence-electron chi connectivity index (χ3n) is 6.34. The van der Waals surface area contributed by atoms with Gasteiger partial charge >= 0.3 is 0 Å². The number of likely N-dealkylation sites (tertiary alicyclic amines) is 1. The van der Waals surface area contributed by atoms with Crippen LogP contribution in [0.1, 0.15) is 51.9 Å². The van der Waals surface area contributed by atoms with Crippen molar-refractivity contribution in [2.45, 2.75) is 75.2 Å². The molecule has 120 valence electrons. The Hall–Kier alpha value is 0.230. The standard InChI is InChI=1S/C17H29NO2S/c1-13-10-17(19,12-18(13)15-2-3-15)14-4-7-20-16(11-14)5-8-21-9-6-16/h13-15,19H,2-12H2,1H3. The van der Waals surface area contributed by atoms with Crippen LogP contribution in [0, 0.1) is 5.92 Å². The highest BCUT2D eigenvalue weighted by Crippen LogP contribution is 2.47. The van der Waals surface area contributed by atoms with E-state index in [0.717, 1.165) is 38.5 Å². The fourth-order valence-electron chi connectivity index (χ4n) is 4.93. The van der Waals surface area contributed by atoms with E-state index in [2.05, 4.69) is 23.6 Å². The van der Waals surface area contributed by atoms with Crippen molar-refractivity contribution in [3.63, 3.8) is 0 Å². The van der Waals surface area contributed by atoms with Gasteiger partial charge in [-0.25, -0.2) is 0 Å². The first-order valence-corrected chi connectivity index (χ1v) is 9.96. The largest absolute Gasteiger partial charge is 0.388 e. The molecule has 4 fully saturated rings. The summed E-state index contributed by atoms with van der Waals surface area (Å²) in [6, 6.07) is 1.33. The molecule has 4 rings (SSSR count). The summed E-state index contributed by atoms with van der Waals surface area (Å²) in [6.45, 7) is 4.08. The molecule has 3 unspecified atom stereocenters. The van der Waals surface area contributed by atoms with Gasteiger partial charge in [0.2, 0.25) is 0 Å². The van der Waals surface area contributed by atoms with Gasteiger partial charge in [0.05, 0.1) is 11.2 Å². The Kier molecular flexibility index (Phi) is 3.80. The van der Waals surface area contributed by atoms with Crippen LogP contribution >= 0.6 is 11.8 Å². The molecule has 3 atom stereocenters. The molecule has 3 aliphatic heterocycles. The Balaban J connectivity index is 1.47. The molecule has 0 amide bonds. The highest BCUT2D eigenvalue weighted by molar-refractivity contribution is 7.99.